The summed E-state index contributed by atoms with van der Waals surface area (Å²) in [5, 5.41) is 11.0. The number of nitro groups is 1. The molecule has 0 aliphatic carbocycles. The zero-order valence-corrected chi connectivity index (χ0v) is 10.2. The molecule has 19 heavy (non-hydrogen) atoms. The van der Waals surface area contributed by atoms with E-state index >= 15 is 0 Å². The van der Waals surface area contributed by atoms with Gasteiger partial charge >= 0.3 is 10.6 Å². The second-order valence-corrected chi connectivity index (χ2v) is 4.57. The molecule has 0 atom stereocenters. The standard InChI is InChI=1S/C11H6N4O3S/c16-11-14(8-4-2-6-13-10(8)19-11)9-7(15(17)18)3-1-5-12-9/h1-6H. The van der Waals surface area contributed by atoms with E-state index in [1.54, 1.807) is 18.3 Å². The highest BCUT2D eigenvalue weighted by molar-refractivity contribution is 7.16. The second kappa shape index (κ2) is 4.25. The molecule has 0 fully saturated rings. The van der Waals surface area contributed by atoms with Crippen molar-refractivity contribution >= 4 is 27.4 Å². The van der Waals surface area contributed by atoms with Crippen LogP contribution in [-0.2, 0) is 0 Å². The predicted octanol–water partition coefficient (Wildman–Crippen LogP) is 1.75. The van der Waals surface area contributed by atoms with Gasteiger partial charge in [0.1, 0.15) is 4.83 Å². The minimum absolute atomic E-state index is 0.0109. The molecule has 3 aromatic heterocycles. The summed E-state index contributed by atoms with van der Waals surface area (Å²) in [6.07, 6.45) is 2.98. The van der Waals surface area contributed by atoms with Crippen molar-refractivity contribution in [2.45, 2.75) is 0 Å². The molecule has 0 aliphatic rings. The zero-order valence-electron chi connectivity index (χ0n) is 9.39. The Bertz CT molecular complexity index is 839. The van der Waals surface area contributed by atoms with Crippen LogP contribution in [0, 0.1) is 10.1 Å². The van der Waals surface area contributed by atoms with Gasteiger partial charge in [0.2, 0.25) is 5.82 Å². The number of aromatic nitrogens is 3. The maximum absolute atomic E-state index is 12.0. The quantitative estimate of drug-likeness (QED) is 0.524. The lowest BCUT2D eigenvalue weighted by molar-refractivity contribution is -0.384. The van der Waals surface area contributed by atoms with Crippen LogP contribution in [0.4, 0.5) is 5.69 Å². The highest BCUT2D eigenvalue weighted by atomic mass is 32.1. The molecule has 0 aliphatic heterocycles. The number of nitrogens with zero attached hydrogens (tertiary/aromatic N) is 4. The first-order valence-electron chi connectivity index (χ1n) is 5.25. The largest absolute Gasteiger partial charge is 0.315 e. The van der Waals surface area contributed by atoms with Gasteiger partial charge in [0.25, 0.3) is 0 Å². The van der Waals surface area contributed by atoms with Crippen molar-refractivity contribution in [3.05, 3.63) is 56.4 Å². The predicted molar refractivity (Wildman–Crippen MR) is 69.7 cm³/mol. The van der Waals surface area contributed by atoms with Crippen molar-refractivity contribution in [2.75, 3.05) is 0 Å². The van der Waals surface area contributed by atoms with Crippen LogP contribution in [0.5, 0.6) is 0 Å². The first-order chi connectivity index (χ1) is 9.18. The second-order valence-electron chi connectivity index (χ2n) is 3.63. The molecule has 0 spiro atoms. The van der Waals surface area contributed by atoms with Gasteiger partial charge in [-0.15, -0.1) is 0 Å². The van der Waals surface area contributed by atoms with Gasteiger partial charge in [-0.2, -0.15) is 0 Å². The van der Waals surface area contributed by atoms with Crippen LogP contribution < -0.4 is 4.87 Å². The fourth-order valence-electron chi connectivity index (χ4n) is 1.76. The van der Waals surface area contributed by atoms with E-state index in [4.69, 9.17) is 0 Å². The molecule has 94 valence electrons. The molecule has 3 rings (SSSR count). The molecule has 8 heteroatoms. The molecule has 7 nitrogen and oxygen atoms in total. The van der Waals surface area contributed by atoms with Crippen molar-refractivity contribution in [1.82, 2.24) is 14.5 Å². The Morgan fingerprint density at radius 2 is 1.95 bits per heavy atom. The molecule has 0 unspecified atom stereocenters. The van der Waals surface area contributed by atoms with E-state index in [1.807, 2.05) is 0 Å². The number of thiazole rings is 1. The molecule has 0 saturated carbocycles. The average molecular weight is 274 g/mol. The van der Waals surface area contributed by atoms with E-state index in [1.165, 1.54) is 22.9 Å². The normalized spacial score (nSPS) is 10.7. The molecule has 0 aromatic carbocycles. The number of rotatable bonds is 2. The van der Waals surface area contributed by atoms with Crippen molar-refractivity contribution in [3.8, 4) is 5.82 Å². The van der Waals surface area contributed by atoms with Gasteiger partial charge < -0.3 is 0 Å². The minimum atomic E-state index is -0.561. The highest BCUT2D eigenvalue weighted by Crippen LogP contribution is 2.23. The maximum atomic E-state index is 12.0. The molecule has 0 amide bonds. The number of fused-ring (bicyclic) bond motifs is 1. The Labute approximate surface area is 109 Å². The van der Waals surface area contributed by atoms with Gasteiger partial charge in [0, 0.05) is 18.5 Å². The fraction of sp³-hybridized carbons (Fsp3) is 0. The van der Waals surface area contributed by atoms with Crippen LogP contribution in [0.3, 0.4) is 0 Å². The van der Waals surface area contributed by atoms with Crippen molar-refractivity contribution in [3.63, 3.8) is 0 Å². The van der Waals surface area contributed by atoms with Crippen LogP contribution in [-0.4, -0.2) is 19.5 Å². The molecular formula is C11H6N4O3S. The van der Waals surface area contributed by atoms with Gasteiger partial charge in [-0.05, 0) is 18.2 Å². The Hall–Kier alpha value is -2.61. The zero-order chi connectivity index (χ0) is 13.4. The van der Waals surface area contributed by atoms with Gasteiger partial charge in [-0.3, -0.25) is 14.9 Å². The molecule has 3 aromatic rings. The monoisotopic (exact) mass is 274 g/mol. The average Bonchev–Trinajstić information content (AvgIpc) is 2.74. The molecule has 0 radical (unpaired) electrons. The van der Waals surface area contributed by atoms with E-state index < -0.39 is 4.92 Å². The lowest BCUT2D eigenvalue weighted by Crippen LogP contribution is -2.13. The third-order valence-electron chi connectivity index (χ3n) is 2.53. The topological polar surface area (TPSA) is 90.9 Å². The summed E-state index contributed by atoms with van der Waals surface area (Å²) in [4.78, 5) is 30.6. The van der Waals surface area contributed by atoms with E-state index in [0.717, 1.165) is 11.3 Å². The summed E-state index contributed by atoms with van der Waals surface area (Å²) in [5.74, 6) is 0.0109. The van der Waals surface area contributed by atoms with E-state index in [-0.39, 0.29) is 16.4 Å². The summed E-state index contributed by atoms with van der Waals surface area (Å²) in [6.45, 7) is 0. The number of pyridine rings is 2. The molecule has 0 saturated heterocycles. The maximum Gasteiger partial charge on any atom is 0.315 e. The Kier molecular flexibility index (Phi) is 2.57. The fourth-order valence-corrected chi connectivity index (χ4v) is 2.58. The lowest BCUT2D eigenvalue weighted by atomic mass is 10.3. The summed E-state index contributed by atoms with van der Waals surface area (Å²) < 4.78 is 1.21. The van der Waals surface area contributed by atoms with Gasteiger partial charge in [-0.25, -0.2) is 14.5 Å². The first-order valence-corrected chi connectivity index (χ1v) is 6.06. The Balaban J connectivity index is 2.40. The number of hydrogen-bond donors (Lipinski definition) is 0. The lowest BCUT2D eigenvalue weighted by Gasteiger charge is -2.02. The summed E-state index contributed by atoms with van der Waals surface area (Å²) in [6, 6.07) is 6.12. The summed E-state index contributed by atoms with van der Waals surface area (Å²) in [5.41, 5.74) is 0.299. The van der Waals surface area contributed by atoms with E-state index in [9.17, 15) is 14.9 Å². The van der Waals surface area contributed by atoms with Gasteiger partial charge in [-0.1, -0.05) is 11.3 Å². The van der Waals surface area contributed by atoms with Crippen LogP contribution >= 0.6 is 11.3 Å². The Morgan fingerprint density at radius 3 is 2.74 bits per heavy atom. The smallest absolute Gasteiger partial charge is 0.258 e. The van der Waals surface area contributed by atoms with Gasteiger partial charge in [0.15, 0.2) is 0 Å². The van der Waals surface area contributed by atoms with E-state index in [2.05, 4.69) is 9.97 Å². The Morgan fingerprint density at radius 1 is 1.21 bits per heavy atom. The van der Waals surface area contributed by atoms with Gasteiger partial charge in [0.05, 0.1) is 10.4 Å². The van der Waals surface area contributed by atoms with Crippen LogP contribution in [0.25, 0.3) is 16.2 Å². The van der Waals surface area contributed by atoms with Crippen molar-refractivity contribution < 1.29 is 4.92 Å². The highest BCUT2D eigenvalue weighted by Gasteiger charge is 2.20. The molecule has 3 heterocycles. The van der Waals surface area contributed by atoms with Crippen molar-refractivity contribution in [2.24, 2.45) is 0 Å². The first kappa shape index (κ1) is 11.5. The summed E-state index contributed by atoms with van der Waals surface area (Å²) in [7, 11) is 0. The molecular weight excluding hydrogens is 268 g/mol. The third-order valence-corrected chi connectivity index (χ3v) is 3.40. The minimum Gasteiger partial charge on any atom is -0.258 e. The molecule has 0 N–H and O–H groups in total. The van der Waals surface area contributed by atoms with Crippen molar-refractivity contribution in [1.29, 1.82) is 0 Å². The van der Waals surface area contributed by atoms with Crippen LogP contribution in [0.2, 0.25) is 0 Å². The third kappa shape index (κ3) is 1.78. The number of hydrogen-bond acceptors (Lipinski definition) is 6. The SMILES string of the molecule is O=c1sc2ncccc2n1-c1ncccc1[N+](=O)[O-]. The molecule has 0 bridgehead atoms. The van der Waals surface area contributed by atoms with Crippen LogP contribution in [0.15, 0.2) is 41.5 Å². The van der Waals surface area contributed by atoms with E-state index in [0.29, 0.717) is 10.3 Å². The van der Waals surface area contributed by atoms with Crippen LogP contribution in [0.1, 0.15) is 0 Å². The summed E-state index contributed by atoms with van der Waals surface area (Å²) >= 11 is 0.928.